The third-order valence-corrected chi connectivity index (χ3v) is 6.41. The quantitative estimate of drug-likeness (QED) is 0.527. The van der Waals surface area contributed by atoms with Crippen molar-refractivity contribution in [3.8, 4) is 0 Å². The molecule has 1 N–H and O–H groups in total. The van der Waals surface area contributed by atoms with E-state index in [4.69, 9.17) is 9.84 Å². The third-order valence-electron chi connectivity index (χ3n) is 5.48. The van der Waals surface area contributed by atoms with Crippen LogP contribution in [0.4, 0.5) is 10.2 Å². The standard InChI is InChI=1S/C23H25FN4O4S/c1-14(2)18-13-33-20(25-18)4-3-15-5-6-28-19(11-15)26-21(27-7-9-32-10-8-27)16(22(28)29)12-17(24)23(30)31/h5-6,11-14H,3-4,7-10H2,1-2H3,(H,30,31). The molecule has 3 aromatic heterocycles. The van der Waals surface area contributed by atoms with Crippen molar-refractivity contribution in [3.63, 3.8) is 0 Å². The lowest BCUT2D eigenvalue weighted by atomic mass is 10.1. The first kappa shape index (κ1) is 23.1. The lowest BCUT2D eigenvalue weighted by Crippen LogP contribution is -2.38. The number of carboxylic acid groups (broad SMARTS) is 1. The van der Waals surface area contributed by atoms with E-state index >= 15 is 0 Å². The largest absolute Gasteiger partial charge is 0.476 e. The number of aromatic nitrogens is 3. The number of thiazole rings is 1. The smallest absolute Gasteiger partial charge is 0.364 e. The number of aliphatic carboxylic acids is 1. The first-order chi connectivity index (χ1) is 15.8. The number of hydrogen-bond acceptors (Lipinski definition) is 7. The van der Waals surface area contributed by atoms with Crippen LogP contribution in [0.25, 0.3) is 11.7 Å². The zero-order chi connectivity index (χ0) is 23.5. The molecule has 0 saturated carbocycles. The van der Waals surface area contributed by atoms with Gasteiger partial charge in [-0.1, -0.05) is 13.8 Å². The molecule has 0 radical (unpaired) electrons. The van der Waals surface area contributed by atoms with Gasteiger partial charge in [0.15, 0.2) is 0 Å². The first-order valence-corrected chi connectivity index (χ1v) is 11.6. The first-order valence-electron chi connectivity index (χ1n) is 10.8. The van der Waals surface area contributed by atoms with Crippen LogP contribution in [-0.4, -0.2) is 51.7 Å². The molecule has 8 nitrogen and oxygen atoms in total. The Morgan fingerprint density at radius 2 is 2.06 bits per heavy atom. The number of fused-ring (bicyclic) bond motifs is 1. The van der Waals surface area contributed by atoms with Gasteiger partial charge in [0.1, 0.15) is 11.5 Å². The summed E-state index contributed by atoms with van der Waals surface area (Å²) in [4.78, 5) is 35.3. The predicted octanol–water partition coefficient (Wildman–Crippen LogP) is 3.29. The molecule has 0 atom stereocenters. The number of aryl methyl sites for hydroxylation is 2. The van der Waals surface area contributed by atoms with Crippen LogP contribution >= 0.6 is 11.3 Å². The summed E-state index contributed by atoms with van der Waals surface area (Å²) in [6, 6.07) is 3.66. The van der Waals surface area contributed by atoms with E-state index in [0.29, 0.717) is 37.9 Å². The molecule has 174 valence electrons. The Labute approximate surface area is 194 Å². The number of morpholine rings is 1. The van der Waals surface area contributed by atoms with E-state index in [9.17, 15) is 14.0 Å². The molecule has 1 aliphatic rings. The van der Waals surface area contributed by atoms with E-state index in [1.54, 1.807) is 17.5 Å². The minimum absolute atomic E-state index is 0.0916. The Hall–Kier alpha value is -3.11. The lowest BCUT2D eigenvalue weighted by Gasteiger charge is -2.29. The van der Waals surface area contributed by atoms with Crippen molar-refractivity contribution < 1.29 is 19.0 Å². The van der Waals surface area contributed by atoms with Gasteiger partial charge < -0.3 is 14.7 Å². The Kier molecular flexibility index (Phi) is 6.85. The summed E-state index contributed by atoms with van der Waals surface area (Å²) in [6.07, 6.45) is 3.86. The van der Waals surface area contributed by atoms with E-state index < -0.39 is 17.4 Å². The van der Waals surface area contributed by atoms with Gasteiger partial charge in [-0.15, -0.1) is 11.3 Å². The van der Waals surface area contributed by atoms with E-state index in [1.165, 1.54) is 4.40 Å². The molecule has 4 heterocycles. The van der Waals surface area contributed by atoms with Crippen LogP contribution in [-0.2, 0) is 22.4 Å². The Morgan fingerprint density at radius 1 is 1.30 bits per heavy atom. The number of carboxylic acids is 1. The van der Waals surface area contributed by atoms with Crippen molar-refractivity contribution in [1.29, 1.82) is 0 Å². The van der Waals surface area contributed by atoms with Crippen molar-refractivity contribution in [2.75, 3.05) is 31.2 Å². The second-order valence-electron chi connectivity index (χ2n) is 8.14. The topological polar surface area (TPSA) is 97.0 Å². The van der Waals surface area contributed by atoms with E-state index in [0.717, 1.165) is 35.2 Å². The highest BCUT2D eigenvalue weighted by atomic mass is 32.1. The van der Waals surface area contributed by atoms with Crippen molar-refractivity contribution >= 4 is 34.8 Å². The normalized spacial score (nSPS) is 14.9. The van der Waals surface area contributed by atoms with E-state index in [2.05, 4.69) is 29.2 Å². The maximum Gasteiger partial charge on any atom is 0.364 e. The average molecular weight is 473 g/mol. The molecule has 3 aromatic rings. The molecule has 10 heteroatoms. The van der Waals surface area contributed by atoms with Gasteiger partial charge in [-0.25, -0.2) is 14.8 Å². The number of pyridine rings is 1. The highest BCUT2D eigenvalue weighted by molar-refractivity contribution is 7.09. The maximum absolute atomic E-state index is 14.0. The molecule has 0 aromatic carbocycles. The van der Waals surface area contributed by atoms with Gasteiger partial charge in [0, 0.05) is 31.1 Å². The number of halogens is 1. The summed E-state index contributed by atoms with van der Waals surface area (Å²) >= 11 is 1.64. The number of anilines is 1. The highest BCUT2D eigenvalue weighted by Gasteiger charge is 2.21. The fourth-order valence-electron chi connectivity index (χ4n) is 3.62. The molecule has 4 rings (SSSR count). The van der Waals surface area contributed by atoms with E-state index in [-0.39, 0.29) is 11.4 Å². The van der Waals surface area contributed by atoms with Crippen molar-refractivity contribution in [1.82, 2.24) is 14.4 Å². The molecule has 33 heavy (non-hydrogen) atoms. The Balaban J connectivity index is 1.70. The van der Waals surface area contributed by atoms with E-state index in [1.807, 2.05) is 17.0 Å². The molecule has 0 unspecified atom stereocenters. The number of hydrogen-bond donors (Lipinski definition) is 1. The average Bonchev–Trinajstić information content (AvgIpc) is 3.29. The summed E-state index contributed by atoms with van der Waals surface area (Å²) in [5.74, 6) is -2.49. The SMILES string of the molecule is CC(C)c1csc(CCc2ccn3c(=O)c(C=C(F)C(=O)O)c(N4CCOCC4)nc3c2)n1. The third kappa shape index (κ3) is 5.12. The lowest BCUT2D eigenvalue weighted by molar-refractivity contribution is -0.134. The van der Waals surface area contributed by atoms with Gasteiger partial charge in [0.05, 0.1) is 29.5 Å². The number of ether oxygens (including phenoxy) is 1. The fraction of sp³-hybridized carbons (Fsp3) is 0.391. The maximum atomic E-state index is 14.0. The number of rotatable bonds is 7. The van der Waals surface area contributed by atoms with Crippen LogP contribution in [0.1, 0.15) is 41.6 Å². The predicted molar refractivity (Wildman–Crippen MR) is 125 cm³/mol. The van der Waals surface area contributed by atoms with Crippen molar-refractivity contribution in [2.45, 2.75) is 32.6 Å². The minimum Gasteiger partial charge on any atom is -0.476 e. The molecular formula is C23H25FN4O4S. The monoisotopic (exact) mass is 472 g/mol. The van der Waals surface area contributed by atoms with Gasteiger partial charge in [0.2, 0.25) is 5.83 Å². The molecule has 1 fully saturated rings. The van der Waals surface area contributed by atoms with Gasteiger partial charge in [-0.3, -0.25) is 9.20 Å². The Morgan fingerprint density at radius 3 is 2.73 bits per heavy atom. The molecule has 0 amide bonds. The van der Waals surface area contributed by atoms with Crippen molar-refractivity contribution in [3.05, 3.63) is 61.7 Å². The molecule has 0 spiro atoms. The molecule has 1 saturated heterocycles. The van der Waals surface area contributed by atoms with Gasteiger partial charge >= 0.3 is 5.97 Å². The molecular weight excluding hydrogens is 447 g/mol. The van der Waals surface area contributed by atoms with Crippen molar-refractivity contribution in [2.24, 2.45) is 0 Å². The second-order valence-corrected chi connectivity index (χ2v) is 9.08. The van der Waals surface area contributed by atoms with Crippen LogP contribution in [0.15, 0.2) is 34.3 Å². The summed E-state index contributed by atoms with van der Waals surface area (Å²) < 4.78 is 20.6. The Bertz CT molecular complexity index is 1260. The molecule has 0 bridgehead atoms. The highest BCUT2D eigenvalue weighted by Crippen LogP contribution is 2.22. The van der Waals surface area contributed by atoms with Gasteiger partial charge in [-0.2, -0.15) is 4.39 Å². The second kappa shape index (κ2) is 9.80. The zero-order valence-corrected chi connectivity index (χ0v) is 19.3. The number of nitrogens with zero attached hydrogens (tertiary/aromatic N) is 4. The van der Waals surface area contributed by atoms with Crippen LogP contribution < -0.4 is 10.5 Å². The number of carbonyl (C=O) groups is 1. The van der Waals surface area contributed by atoms with Crippen LogP contribution in [0, 0.1) is 0 Å². The zero-order valence-electron chi connectivity index (χ0n) is 18.5. The van der Waals surface area contributed by atoms with Gasteiger partial charge in [0.25, 0.3) is 5.56 Å². The summed E-state index contributed by atoms with van der Waals surface area (Å²) in [6.45, 7) is 6.06. The van der Waals surface area contributed by atoms with Crippen LogP contribution in [0.2, 0.25) is 0 Å². The molecule has 1 aliphatic heterocycles. The summed E-state index contributed by atoms with van der Waals surface area (Å²) in [7, 11) is 0. The summed E-state index contributed by atoms with van der Waals surface area (Å²) in [5.41, 5.74) is 1.90. The fourth-order valence-corrected chi connectivity index (χ4v) is 4.58. The van der Waals surface area contributed by atoms with Crippen LogP contribution in [0.3, 0.4) is 0 Å². The summed E-state index contributed by atoms with van der Waals surface area (Å²) in [5, 5.41) is 12.1. The molecule has 0 aliphatic carbocycles. The van der Waals surface area contributed by atoms with Crippen LogP contribution in [0.5, 0.6) is 0 Å². The minimum atomic E-state index is -1.73. The van der Waals surface area contributed by atoms with Gasteiger partial charge in [-0.05, 0) is 36.1 Å².